The van der Waals surface area contributed by atoms with E-state index in [-0.39, 0.29) is 0 Å². The van der Waals surface area contributed by atoms with E-state index < -0.39 is 37.6 Å². The van der Waals surface area contributed by atoms with Gasteiger partial charge in [-0.3, -0.25) is 35.3 Å². The minimum absolute atomic E-state index is 0.447. The summed E-state index contributed by atoms with van der Waals surface area (Å²) in [7, 11) is 1.70. The molecule has 0 amide bonds. The van der Waals surface area contributed by atoms with Crippen LogP contribution in [-0.2, 0) is 4.74 Å². The summed E-state index contributed by atoms with van der Waals surface area (Å²) in [5.41, 5.74) is -3.00. The summed E-state index contributed by atoms with van der Waals surface area (Å²) < 4.78 is 5.07. The highest BCUT2D eigenvalue weighted by Gasteiger charge is 2.32. The SMILES string of the molecule is CCC1N=C(OC)C1CC.O=[N+]([O-])c1cc([N+](=O)[O-])c(O)c([N+](=O)[O-])c1. The molecule has 1 aromatic carbocycles. The van der Waals surface area contributed by atoms with Crippen molar-refractivity contribution in [2.45, 2.75) is 32.7 Å². The third kappa shape index (κ3) is 4.40. The van der Waals surface area contributed by atoms with Gasteiger partial charge in [-0.05, 0) is 12.8 Å². The summed E-state index contributed by atoms with van der Waals surface area (Å²) in [6.45, 7) is 4.35. The van der Waals surface area contributed by atoms with E-state index >= 15 is 0 Å². The van der Waals surface area contributed by atoms with Crippen molar-refractivity contribution >= 4 is 23.0 Å². The fraction of sp³-hybridized carbons (Fsp3) is 0.500. The van der Waals surface area contributed by atoms with Gasteiger partial charge in [-0.2, -0.15) is 0 Å². The molecule has 1 aliphatic heterocycles. The van der Waals surface area contributed by atoms with E-state index in [0.29, 0.717) is 24.1 Å². The lowest BCUT2D eigenvalue weighted by Crippen LogP contribution is -2.37. The standard InChI is InChI=1S/C8H15NO.C6H3N3O7/c1-4-6-7(5-2)9-8(6)10-3;10-6-4(8(13)14)1-3(7(11)12)2-5(6)9(15)16/h6-7H,4-5H2,1-3H3;1-2,10H. The molecule has 2 unspecified atom stereocenters. The summed E-state index contributed by atoms with van der Waals surface area (Å²) in [5, 5.41) is 40.2. The molecule has 142 valence electrons. The number of nitro benzene ring substituents is 3. The predicted octanol–water partition coefficient (Wildman–Crippen LogP) is 2.97. The molecule has 0 aliphatic carbocycles. The Morgan fingerprint density at radius 3 is 1.85 bits per heavy atom. The zero-order valence-corrected chi connectivity index (χ0v) is 14.3. The first-order valence-electron chi connectivity index (χ1n) is 7.59. The maximum atomic E-state index is 10.4. The lowest BCUT2D eigenvalue weighted by molar-refractivity contribution is -0.404. The molecule has 12 heteroatoms. The van der Waals surface area contributed by atoms with E-state index in [4.69, 9.17) is 9.84 Å². The zero-order valence-electron chi connectivity index (χ0n) is 14.3. The molecule has 1 aromatic rings. The van der Waals surface area contributed by atoms with Gasteiger partial charge in [-0.15, -0.1) is 0 Å². The zero-order chi connectivity index (χ0) is 20.0. The Kier molecular flexibility index (Phi) is 6.93. The number of nitrogens with zero attached hydrogens (tertiary/aromatic N) is 4. The third-order valence-electron chi connectivity index (χ3n) is 3.80. The van der Waals surface area contributed by atoms with Gasteiger partial charge in [0.25, 0.3) is 11.4 Å². The van der Waals surface area contributed by atoms with Gasteiger partial charge in [0.05, 0.1) is 46.0 Å². The van der Waals surface area contributed by atoms with Crippen molar-refractivity contribution in [3.8, 4) is 5.75 Å². The number of nitro groups is 3. The van der Waals surface area contributed by atoms with Crippen LogP contribution < -0.4 is 0 Å². The number of phenolic OH excluding ortho intramolecular Hbond substituents is 1. The fourth-order valence-corrected chi connectivity index (χ4v) is 2.43. The van der Waals surface area contributed by atoms with Crippen molar-refractivity contribution < 1.29 is 24.6 Å². The second kappa shape index (κ2) is 8.69. The number of rotatable bonds is 5. The molecule has 0 fully saturated rings. The summed E-state index contributed by atoms with van der Waals surface area (Å²) >= 11 is 0. The van der Waals surface area contributed by atoms with Crippen LogP contribution in [0, 0.1) is 36.3 Å². The van der Waals surface area contributed by atoms with Crippen molar-refractivity contribution in [2.75, 3.05) is 7.11 Å². The molecular formula is C14H18N4O8. The number of phenols is 1. The minimum atomic E-state index is -1.21. The lowest BCUT2D eigenvalue weighted by Gasteiger charge is -2.31. The molecule has 26 heavy (non-hydrogen) atoms. The van der Waals surface area contributed by atoms with Crippen molar-refractivity contribution in [3.63, 3.8) is 0 Å². The number of methoxy groups -OCH3 is 1. The summed E-state index contributed by atoms with van der Waals surface area (Å²) in [6.07, 6.45) is 2.30. The highest BCUT2D eigenvalue weighted by Crippen LogP contribution is 2.38. The van der Waals surface area contributed by atoms with Crippen molar-refractivity contribution in [3.05, 3.63) is 42.5 Å². The Morgan fingerprint density at radius 2 is 1.54 bits per heavy atom. The minimum Gasteiger partial charge on any atom is -0.497 e. The van der Waals surface area contributed by atoms with Crippen molar-refractivity contribution in [1.82, 2.24) is 0 Å². The number of hydrogen-bond donors (Lipinski definition) is 1. The van der Waals surface area contributed by atoms with Gasteiger partial charge >= 0.3 is 11.4 Å². The van der Waals surface area contributed by atoms with E-state index in [0.717, 1.165) is 18.7 Å². The van der Waals surface area contributed by atoms with Crippen molar-refractivity contribution in [1.29, 1.82) is 0 Å². The van der Waals surface area contributed by atoms with E-state index in [1.807, 2.05) is 0 Å². The van der Waals surface area contributed by atoms with Gasteiger partial charge < -0.3 is 9.84 Å². The van der Waals surface area contributed by atoms with E-state index in [9.17, 15) is 30.3 Å². The van der Waals surface area contributed by atoms with Crippen LogP contribution in [0.5, 0.6) is 5.75 Å². The molecule has 0 bridgehead atoms. The quantitative estimate of drug-likeness (QED) is 0.608. The average Bonchev–Trinajstić information content (AvgIpc) is 2.55. The molecule has 1 N–H and O–H groups in total. The first kappa shape index (κ1) is 20.7. The smallest absolute Gasteiger partial charge is 0.324 e. The summed E-state index contributed by atoms with van der Waals surface area (Å²) in [5.74, 6) is 0.352. The normalized spacial score (nSPS) is 17.9. The van der Waals surface area contributed by atoms with Gasteiger partial charge in [-0.1, -0.05) is 13.8 Å². The molecule has 0 spiro atoms. The summed E-state index contributed by atoms with van der Waals surface area (Å²) in [4.78, 5) is 32.1. The predicted molar refractivity (Wildman–Crippen MR) is 90.4 cm³/mol. The number of aromatic hydroxyl groups is 1. The largest absolute Gasteiger partial charge is 0.497 e. The van der Waals surface area contributed by atoms with E-state index in [1.165, 1.54) is 0 Å². The molecular weight excluding hydrogens is 352 g/mol. The Hall–Kier alpha value is -3.31. The number of hydrogen-bond acceptors (Lipinski definition) is 9. The monoisotopic (exact) mass is 370 g/mol. The van der Waals surface area contributed by atoms with Gasteiger partial charge in [-0.25, -0.2) is 0 Å². The number of ether oxygens (including phenoxy) is 1. The number of non-ortho nitro benzene ring substituents is 1. The van der Waals surface area contributed by atoms with Gasteiger partial charge in [0.15, 0.2) is 5.90 Å². The summed E-state index contributed by atoms with van der Waals surface area (Å²) in [6, 6.07) is 1.44. The Morgan fingerprint density at radius 1 is 1.04 bits per heavy atom. The lowest BCUT2D eigenvalue weighted by atomic mass is 9.90. The molecule has 0 saturated carbocycles. The van der Waals surface area contributed by atoms with Gasteiger partial charge in [0, 0.05) is 0 Å². The van der Waals surface area contributed by atoms with Crippen LogP contribution in [0.2, 0.25) is 0 Å². The topological polar surface area (TPSA) is 171 Å². The van der Waals surface area contributed by atoms with Gasteiger partial charge in [0.1, 0.15) is 0 Å². The van der Waals surface area contributed by atoms with Crippen LogP contribution in [0.3, 0.4) is 0 Å². The molecule has 0 aromatic heterocycles. The third-order valence-corrected chi connectivity index (χ3v) is 3.80. The Bertz CT molecular complexity index is 713. The molecule has 2 atom stereocenters. The van der Waals surface area contributed by atoms with E-state index in [1.54, 1.807) is 7.11 Å². The van der Waals surface area contributed by atoms with Gasteiger partial charge in [0.2, 0.25) is 0 Å². The molecule has 0 radical (unpaired) electrons. The second-order valence-electron chi connectivity index (χ2n) is 5.27. The highest BCUT2D eigenvalue weighted by atomic mass is 16.6. The fourth-order valence-electron chi connectivity index (χ4n) is 2.43. The Labute approximate surface area is 147 Å². The molecule has 0 saturated heterocycles. The first-order valence-corrected chi connectivity index (χ1v) is 7.59. The van der Waals surface area contributed by atoms with Crippen LogP contribution in [0.15, 0.2) is 17.1 Å². The molecule has 1 aliphatic rings. The van der Waals surface area contributed by atoms with E-state index in [2.05, 4.69) is 18.8 Å². The van der Waals surface area contributed by atoms with Crippen molar-refractivity contribution in [2.24, 2.45) is 10.9 Å². The molecule has 2 rings (SSSR count). The average molecular weight is 370 g/mol. The highest BCUT2D eigenvalue weighted by molar-refractivity contribution is 5.84. The van der Waals surface area contributed by atoms with Crippen LogP contribution >= 0.6 is 0 Å². The Balaban J connectivity index is 0.000000289. The molecule has 12 nitrogen and oxygen atoms in total. The van der Waals surface area contributed by atoms with Crippen LogP contribution in [0.25, 0.3) is 0 Å². The van der Waals surface area contributed by atoms with Crippen LogP contribution in [-0.4, -0.2) is 38.9 Å². The van der Waals surface area contributed by atoms with Crippen LogP contribution in [0.1, 0.15) is 26.7 Å². The second-order valence-corrected chi connectivity index (χ2v) is 5.27. The first-order chi connectivity index (χ1) is 12.2. The van der Waals surface area contributed by atoms with Crippen LogP contribution in [0.4, 0.5) is 17.1 Å². The number of benzene rings is 1. The molecule has 1 heterocycles. The maximum Gasteiger partial charge on any atom is 0.324 e. The maximum absolute atomic E-state index is 10.4. The number of aliphatic imine (C=N–C) groups is 1.